The molecule has 0 aliphatic carbocycles. The summed E-state index contributed by atoms with van der Waals surface area (Å²) in [5.74, 6) is 0. The molecule has 41 valence electrons. The van der Waals surface area contributed by atoms with Crippen LogP contribution in [0.2, 0.25) is 0 Å². The van der Waals surface area contributed by atoms with Gasteiger partial charge >= 0.3 is 34.4 Å². The first kappa shape index (κ1) is 27.0. The maximum atomic E-state index is 8.25. The molecule has 0 aromatic rings. The summed E-state index contributed by atoms with van der Waals surface area (Å²) < 4.78 is 0. The average molecular weight is 169 g/mol. The van der Waals surface area contributed by atoms with E-state index in [9.17, 15) is 0 Å². The van der Waals surface area contributed by atoms with Crippen molar-refractivity contribution < 1.29 is 27.6 Å². The van der Waals surface area contributed by atoms with Crippen LogP contribution in [0.5, 0.6) is 0 Å². The monoisotopic (exact) mass is 168 g/mol. The van der Waals surface area contributed by atoms with Crippen LogP contribution in [0.1, 0.15) is 0 Å². The van der Waals surface area contributed by atoms with Crippen LogP contribution < -0.4 is 0 Å². The van der Waals surface area contributed by atoms with Crippen LogP contribution in [0.4, 0.5) is 0 Å². The summed E-state index contributed by atoms with van der Waals surface area (Å²) in [6.45, 7) is 0. The standard InChI is InChI=1S/Al.Cu.NO3.O/c;;2-1(3)4;/q+3;+2;-1;-2. The van der Waals surface area contributed by atoms with Crippen molar-refractivity contribution >= 4 is 17.4 Å². The maximum absolute atomic E-state index is 8.25. The summed E-state index contributed by atoms with van der Waals surface area (Å²) in [5.41, 5.74) is 0. The van der Waals surface area contributed by atoms with Crippen LogP contribution >= 0.6 is 0 Å². The summed E-state index contributed by atoms with van der Waals surface area (Å²) in [6, 6.07) is 0. The van der Waals surface area contributed by atoms with Crippen LogP contribution in [0.3, 0.4) is 0 Å². The minimum atomic E-state index is -1.75. The van der Waals surface area contributed by atoms with Crippen molar-refractivity contribution in [2.45, 2.75) is 0 Å². The van der Waals surface area contributed by atoms with E-state index in [0.29, 0.717) is 0 Å². The van der Waals surface area contributed by atoms with Crippen molar-refractivity contribution in [1.82, 2.24) is 0 Å². The van der Waals surface area contributed by atoms with Crippen LogP contribution in [-0.4, -0.2) is 22.4 Å². The summed E-state index contributed by atoms with van der Waals surface area (Å²) >= 11 is 0. The van der Waals surface area contributed by atoms with Gasteiger partial charge in [-0.05, 0) is 0 Å². The van der Waals surface area contributed by atoms with E-state index in [0.717, 1.165) is 0 Å². The van der Waals surface area contributed by atoms with Crippen molar-refractivity contribution in [3.63, 3.8) is 0 Å². The molecule has 0 spiro atoms. The largest absolute Gasteiger partial charge is 3.00 e. The molecule has 5 nitrogen and oxygen atoms in total. The van der Waals surface area contributed by atoms with E-state index in [2.05, 4.69) is 0 Å². The summed E-state index contributed by atoms with van der Waals surface area (Å²) in [5, 5.41) is 14.8. The molecule has 0 aromatic heterocycles. The molecule has 0 aliphatic heterocycles. The number of hydrogen-bond acceptors (Lipinski definition) is 3. The zero-order valence-electron chi connectivity index (χ0n) is 2.96. The normalized spacial score (nSPS) is 3.43. The second-order valence-electron chi connectivity index (χ2n) is 0.224. The predicted molar refractivity (Wildman–Crippen MR) is 16.8 cm³/mol. The van der Waals surface area contributed by atoms with E-state index < -0.39 is 5.09 Å². The fraction of sp³-hybridized carbons (Fsp3) is 0. The van der Waals surface area contributed by atoms with Crippen molar-refractivity contribution in [3.05, 3.63) is 15.3 Å². The Morgan fingerprint density at radius 3 is 1.29 bits per heavy atom. The molecule has 0 aliphatic rings. The molecule has 0 heterocycles. The molecule has 0 unspecified atom stereocenters. The van der Waals surface area contributed by atoms with E-state index in [4.69, 9.17) is 15.3 Å². The molecule has 0 atom stereocenters. The Bertz CT molecular complexity index is 34.7. The zero-order chi connectivity index (χ0) is 3.58. The van der Waals surface area contributed by atoms with Gasteiger partial charge in [-0.15, -0.1) is 0 Å². The topological polar surface area (TPSA) is 94.7 Å². The van der Waals surface area contributed by atoms with Crippen LogP contribution in [-0.2, 0) is 22.5 Å². The van der Waals surface area contributed by atoms with E-state index in [1.807, 2.05) is 0 Å². The van der Waals surface area contributed by atoms with Crippen molar-refractivity contribution in [2.75, 3.05) is 0 Å². The van der Waals surface area contributed by atoms with Gasteiger partial charge in [-0.1, -0.05) is 0 Å². The number of nitrogens with zero attached hydrogens (tertiary/aromatic N) is 1. The minimum Gasteiger partial charge on any atom is -2.00 e. The van der Waals surface area contributed by atoms with E-state index in [1.165, 1.54) is 0 Å². The van der Waals surface area contributed by atoms with E-state index in [1.54, 1.807) is 0 Å². The number of hydrogen-bond donors (Lipinski definition) is 0. The Balaban J connectivity index is -0.0000000150. The van der Waals surface area contributed by atoms with Crippen LogP contribution in [0, 0.1) is 15.3 Å². The van der Waals surface area contributed by atoms with Crippen LogP contribution in [0.25, 0.3) is 0 Å². The first-order valence-electron chi connectivity index (χ1n) is 0.548. The van der Waals surface area contributed by atoms with E-state index >= 15 is 0 Å². The van der Waals surface area contributed by atoms with Crippen molar-refractivity contribution in [3.8, 4) is 0 Å². The Labute approximate surface area is 60.7 Å². The van der Waals surface area contributed by atoms with Gasteiger partial charge in [0.15, 0.2) is 0 Å². The maximum Gasteiger partial charge on any atom is 3.00 e. The van der Waals surface area contributed by atoms with Gasteiger partial charge in [0.25, 0.3) is 0 Å². The Morgan fingerprint density at radius 1 is 1.29 bits per heavy atom. The minimum absolute atomic E-state index is 0. The summed E-state index contributed by atoms with van der Waals surface area (Å²) in [4.78, 5) is 8.25. The molecule has 0 N–H and O–H groups in total. The Morgan fingerprint density at radius 2 is 1.29 bits per heavy atom. The van der Waals surface area contributed by atoms with Crippen molar-refractivity contribution in [1.29, 1.82) is 0 Å². The molecule has 0 aromatic carbocycles. The smallest absolute Gasteiger partial charge is 2.00 e. The Kier molecular flexibility index (Phi) is 63.0. The molecular formula is AlCuNO4+2. The molecule has 0 fully saturated rings. The molecular weight excluding hydrogens is 169 g/mol. The SMILES string of the molecule is O=[N+]([O-])[O-].[Al+3].[Cu+2].[O-2]. The third-order valence-corrected chi connectivity index (χ3v) is 0. The van der Waals surface area contributed by atoms with Gasteiger partial charge in [0.1, 0.15) is 0 Å². The first-order chi connectivity index (χ1) is 1.73. The predicted octanol–water partition coefficient (Wildman–Crippen LogP) is -0.741. The fourth-order valence-corrected chi connectivity index (χ4v) is 0. The summed E-state index contributed by atoms with van der Waals surface area (Å²) in [6.07, 6.45) is 0. The van der Waals surface area contributed by atoms with Gasteiger partial charge in [-0.2, -0.15) is 0 Å². The molecule has 1 radical (unpaired) electrons. The third-order valence-electron chi connectivity index (χ3n) is 0. The zero-order valence-corrected chi connectivity index (χ0v) is 5.06. The molecule has 7 heteroatoms. The second kappa shape index (κ2) is 16.4. The molecule has 0 rings (SSSR count). The fourth-order valence-electron chi connectivity index (χ4n) is 0. The van der Waals surface area contributed by atoms with Crippen molar-refractivity contribution in [2.24, 2.45) is 0 Å². The first-order valence-corrected chi connectivity index (χ1v) is 0.548. The van der Waals surface area contributed by atoms with Gasteiger partial charge in [-0.3, -0.25) is 0 Å². The summed E-state index contributed by atoms with van der Waals surface area (Å²) in [7, 11) is 0. The molecule has 0 bridgehead atoms. The third kappa shape index (κ3) is 2450. The van der Waals surface area contributed by atoms with Gasteiger partial charge < -0.3 is 20.8 Å². The van der Waals surface area contributed by atoms with Gasteiger partial charge in [-0.25, -0.2) is 0 Å². The number of rotatable bonds is 0. The molecule has 7 heavy (non-hydrogen) atoms. The van der Waals surface area contributed by atoms with Gasteiger partial charge in [0.2, 0.25) is 0 Å². The molecule has 0 saturated heterocycles. The van der Waals surface area contributed by atoms with Gasteiger partial charge in [0.05, 0.1) is 5.09 Å². The molecule has 0 amide bonds. The Hall–Kier alpha value is 0.212. The molecule has 0 saturated carbocycles. The van der Waals surface area contributed by atoms with Crippen LogP contribution in [0.15, 0.2) is 0 Å². The van der Waals surface area contributed by atoms with Gasteiger partial charge in [0, 0.05) is 0 Å². The quantitative estimate of drug-likeness (QED) is 0.271. The average Bonchev–Trinajstić information content (AvgIpc) is 0.811. The second-order valence-corrected chi connectivity index (χ2v) is 0.224. The van der Waals surface area contributed by atoms with E-state index in [-0.39, 0.29) is 39.9 Å².